The van der Waals surface area contributed by atoms with Gasteiger partial charge in [0, 0.05) is 51.1 Å². The number of nitrogens with two attached hydrogens (primary N) is 1. The summed E-state index contributed by atoms with van der Waals surface area (Å²) in [7, 11) is 3.44. The molecule has 29 heavy (non-hydrogen) atoms. The number of carbonyl (C=O) groups excluding carboxylic acids is 1. The van der Waals surface area contributed by atoms with Gasteiger partial charge in [-0.1, -0.05) is 0 Å². The van der Waals surface area contributed by atoms with Gasteiger partial charge in [0.15, 0.2) is 5.96 Å². The van der Waals surface area contributed by atoms with Crippen LogP contribution in [-0.2, 0) is 16.1 Å². The van der Waals surface area contributed by atoms with Crippen LogP contribution in [0.1, 0.15) is 5.56 Å². The average Bonchev–Trinajstić information content (AvgIpc) is 2.74. The highest BCUT2D eigenvalue weighted by Crippen LogP contribution is 2.23. The Labute approximate surface area is 171 Å². The zero-order valence-corrected chi connectivity index (χ0v) is 17.2. The number of carbonyl (C=O) groups is 1. The number of anilines is 2. The van der Waals surface area contributed by atoms with Gasteiger partial charge >= 0.3 is 0 Å². The summed E-state index contributed by atoms with van der Waals surface area (Å²) in [5.74, 6) is 0.0907. The van der Waals surface area contributed by atoms with Gasteiger partial charge in [-0.25, -0.2) is 0 Å². The van der Waals surface area contributed by atoms with E-state index in [1.54, 1.807) is 7.05 Å². The minimum absolute atomic E-state index is 0.229. The zero-order valence-electron chi connectivity index (χ0n) is 17.2. The number of guanidine groups is 1. The highest BCUT2D eigenvalue weighted by molar-refractivity contribution is 5.92. The topological polar surface area (TPSA) is 136 Å². The number of morpholine rings is 1. The summed E-state index contributed by atoms with van der Waals surface area (Å²) in [6, 6.07) is 5.34. The van der Waals surface area contributed by atoms with E-state index in [1.807, 2.05) is 19.2 Å². The molecule has 7 N–H and O–H groups in total. The van der Waals surface area contributed by atoms with Crippen LogP contribution in [0.3, 0.4) is 0 Å². The quantitative estimate of drug-likeness (QED) is 0.159. The largest absolute Gasteiger partial charge is 0.394 e. The van der Waals surface area contributed by atoms with Gasteiger partial charge < -0.3 is 36.4 Å². The second kappa shape index (κ2) is 12.2. The van der Waals surface area contributed by atoms with Crippen molar-refractivity contribution in [2.75, 3.05) is 70.3 Å². The van der Waals surface area contributed by atoms with E-state index >= 15 is 0 Å². The SMILES string of the molecule is CN=C(N)Nc1cc(CN[C@@H](CO)C(=O)NCCNC)cc(N2CCOCC2)c1. The van der Waals surface area contributed by atoms with Crippen molar-refractivity contribution in [2.24, 2.45) is 10.7 Å². The minimum Gasteiger partial charge on any atom is -0.394 e. The molecule has 0 unspecified atom stereocenters. The van der Waals surface area contributed by atoms with Crippen LogP contribution in [0.2, 0.25) is 0 Å². The van der Waals surface area contributed by atoms with Gasteiger partial charge in [-0.15, -0.1) is 0 Å². The van der Waals surface area contributed by atoms with E-state index < -0.39 is 6.04 Å². The van der Waals surface area contributed by atoms with E-state index in [-0.39, 0.29) is 12.5 Å². The maximum Gasteiger partial charge on any atom is 0.239 e. The number of aliphatic hydroxyl groups is 1. The number of hydrogen-bond donors (Lipinski definition) is 6. The summed E-state index contributed by atoms with van der Waals surface area (Å²) in [6.07, 6.45) is 0. The fourth-order valence-electron chi connectivity index (χ4n) is 2.97. The maximum atomic E-state index is 12.2. The lowest BCUT2D eigenvalue weighted by atomic mass is 10.1. The molecule has 1 atom stereocenters. The molecule has 1 saturated heterocycles. The van der Waals surface area contributed by atoms with E-state index in [0.29, 0.717) is 38.8 Å². The number of ether oxygens (including phenoxy) is 1. The Morgan fingerprint density at radius 3 is 2.72 bits per heavy atom. The number of nitrogens with zero attached hydrogens (tertiary/aromatic N) is 2. The first kappa shape index (κ1) is 22.9. The van der Waals surface area contributed by atoms with Gasteiger partial charge in [-0.2, -0.15) is 0 Å². The third kappa shape index (κ3) is 7.50. The highest BCUT2D eigenvalue weighted by Gasteiger charge is 2.17. The first-order valence-electron chi connectivity index (χ1n) is 9.80. The number of hydrogen-bond acceptors (Lipinski definition) is 7. The lowest BCUT2D eigenvalue weighted by Gasteiger charge is -2.30. The number of amides is 1. The summed E-state index contributed by atoms with van der Waals surface area (Å²) >= 11 is 0. The third-order valence-electron chi connectivity index (χ3n) is 4.59. The molecule has 162 valence electrons. The summed E-state index contributed by atoms with van der Waals surface area (Å²) in [4.78, 5) is 18.4. The molecule has 1 fully saturated rings. The zero-order chi connectivity index (χ0) is 21.1. The van der Waals surface area contributed by atoms with Crippen LogP contribution in [0.15, 0.2) is 23.2 Å². The van der Waals surface area contributed by atoms with Gasteiger partial charge in [0.05, 0.1) is 19.8 Å². The highest BCUT2D eigenvalue weighted by atomic mass is 16.5. The number of aliphatic hydroxyl groups excluding tert-OH is 1. The van der Waals surface area contributed by atoms with Gasteiger partial charge in [-0.05, 0) is 30.8 Å². The Balaban J connectivity index is 2.10. The lowest BCUT2D eigenvalue weighted by molar-refractivity contribution is -0.124. The van der Waals surface area contributed by atoms with Crippen LogP contribution in [0.5, 0.6) is 0 Å². The van der Waals surface area contributed by atoms with Gasteiger partial charge in [-0.3, -0.25) is 15.1 Å². The number of likely N-dealkylation sites (N-methyl/N-ethyl adjacent to an activating group) is 1. The van der Waals surface area contributed by atoms with E-state index in [1.165, 1.54) is 0 Å². The van der Waals surface area contributed by atoms with Crippen molar-refractivity contribution in [3.8, 4) is 0 Å². The number of nitrogens with one attached hydrogen (secondary N) is 4. The molecule has 0 radical (unpaired) electrons. The van der Waals surface area contributed by atoms with Crippen molar-refractivity contribution in [3.63, 3.8) is 0 Å². The monoisotopic (exact) mass is 407 g/mol. The lowest BCUT2D eigenvalue weighted by Crippen LogP contribution is -2.47. The molecule has 0 bridgehead atoms. The van der Waals surface area contributed by atoms with Crippen LogP contribution in [0.4, 0.5) is 11.4 Å². The van der Waals surface area contributed by atoms with E-state index in [9.17, 15) is 9.90 Å². The van der Waals surface area contributed by atoms with Crippen molar-refractivity contribution >= 4 is 23.2 Å². The van der Waals surface area contributed by atoms with Crippen molar-refractivity contribution in [1.82, 2.24) is 16.0 Å². The summed E-state index contributed by atoms with van der Waals surface area (Å²) in [5, 5.41) is 21.5. The normalized spacial score (nSPS) is 15.8. The molecule has 1 amide bonds. The minimum atomic E-state index is -0.683. The molecule has 10 heteroatoms. The smallest absolute Gasteiger partial charge is 0.239 e. The fourth-order valence-corrected chi connectivity index (χ4v) is 2.97. The van der Waals surface area contributed by atoms with E-state index in [4.69, 9.17) is 10.5 Å². The standard InChI is InChI=1S/C19H33N7O3/c1-21-3-4-23-18(28)17(13-27)24-12-14-9-15(25-19(20)22-2)11-16(10-14)26-5-7-29-8-6-26/h9-11,17,21,24,27H,3-8,12-13H2,1-2H3,(H,23,28)(H3,20,22,25)/t17-/m0/s1. The van der Waals surface area contributed by atoms with E-state index in [0.717, 1.165) is 30.0 Å². The number of benzene rings is 1. The molecule has 0 saturated carbocycles. The molecule has 0 spiro atoms. The van der Waals surface area contributed by atoms with Crippen LogP contribution >= 0.6 is 0 Å². The molecular weight excluding hydrogens is 374 g/mol. The van der Waals surface area contributed by atoms with Crippen molar-refractivity contribution in [3.05, 3.63) is 23.8 Å². The molecule has 0 aliphatic carbocycles. The Bertz CT molecular complexity index is 678. The van der Waals surface area contributed by atoms with E-state index in [2.05, 4.69) is 37.2 Å². The molecule has 1 aliphatic rings. The summed E-state index contributed by atoms with van der Waals surface area (Å²) in [6.45, 7) is 4.29. The molecular formula is C19H33N7O3. The fraction of sp³-hybridized carbons (Fsp3) is 0.579. The average molecular weight is 408 g/mol. The Morgan fingerprint density at radius 2 is 2.07 bits per heavy atom. The summed E-state index contributed by atoms with van der Waals surface area (Å²) < 4.78 is 5.44. The first-order valence-corrected chi connectivity index (χ1v) is 9.80. The van der Waals surface area contributed by atoms with Gasteiger partial charge in [0.2, 0.25) is 5.91 Å². The Kier molecular flexibility index (Phi) is 9.65. The molecule has 0 aromatic heterocycles. The van der Waals surface area contributed by atoms with Crippen LogP contribution in [0.25, 0.3) is 0 Å². The molecule has 2 rings (SSSR count). The molecule has 1 aromatic carbocycles. The second-order valence-electron chi connectivity index (χ2n) is 6.73. The molecule has 1 aliphatic heterocycles. The number of aliphatic imine (C=N–C) groups is 1. The predicted octanol–water partition coefficient (Wildman–Crippen LogP) is -1.33. The molecule has 1 aromatic rings. The molecule has 1 heterocycles. The third-order valence-corrected chi connectivity index (χ3v) is 4.59. The first-order chi connectivity index (χ1) is 14.1. The maximum absolute atomic E-state index is 12.2. The predicted molar refractivity (Wildman–Crippen MR) is 115 cm³/mol. The van der Waals surface area contributed by atoms with Gasteiger partial charge in [0.25, 0.3) is 0 Å². The van der Waals surface area contributed by atoms with Crippen molar-refractivity contribution in [2.45, 2.75) is 12.6 Å². The van der Waals surface area contributed by atoms with Crippen molar-refractivity contribution in [1.29, 1.82) is 0 Å². The Morgan fingerprint density at radius 1 is 1.31 bits per heavy atom. The van der Waals surface area contributed by atoms with Crippen molar-refractivity contribution < 1.29 is 14.6 Å². The Hall–Kier alpha value is -2.40. The van der Waals surface area contributed by atoms with Crippen LogP contribution in [0, 0.1) is 0 Å². The number of rotatable bonds is 10. The van der Waals surface area contributed by atoms with Crippen LogP contribution in [-0.4, -0.2) is 83.1 Å². The molecule has 10 nitrogen and oxygen atoms in total. The van der Waals surface area contributed by atoms with Crippen LogP contribution < -0.4 is 31.9 Å². The second-order valence-corrected chi connectivity index (χ2v) is 6.73. The summed E-state index contributed by atoms with van der Waals surface area (Å²) in [5.41, 5.74) is 8.64. The van der Waals surface area contributed by atoms with Gasteiger partial charge in [0.1, 0.15) is 6.04 Å².